The van der Waals surface area contributed by atoms with Crippen molar-refractivity contribution in [1.29, 1.82) is 0 Å². The number of nitrogens with one attached hydrogen (secondary N) is 1. The van der Waals surface area contributed by atoms with E-state index in [1.54, 1.807) is 0 Å². The third-order valence-corrected chi connectivity index (χ3v) is 4.43. The summed E-state index contributed by atoms with van der Waals surface area (Å²) in [5.74, 6) is -0.493. The Hall–Kier alpha value is -2.38. The predicted octanol–water partition coefficient (Wildman–Crippen LogP) is 3.29. The lowest BCUT2D eigenvalue weighted by atomic mass is 9.82. The molecule has 0 radical (unpaired) electrons. The highest BCUT2D eigenvalue weighted by atomic mass is 19.4. The summed E-state index contributed by atoms with van der Waals surface area (Å²) in [7, 11) is 0. The Balaban J connectivity index is 1.85. The molecule has 1 aromatic carbocycles. The molecule has 1 saturated heterocycles. The first kappa shape index (κ1) is 16.5. The number of amides is 3. The predicted molar refractivity (Wildman–Crippen MR) is 80.2 cm³/mol. The van der Waals surface area contributed by atoms with Gasteiger partial charge in [0.15, 0.2) is 0 Å². The van der Waals surface area contributed by atoms with E-state index in [4.69, 9.17) is 0 Å². The van der Waals surface area contributed by atoms with Crippen LogP contribution in [-0.4, -0.2) is 28.7 Å². The largest absolute Gasteiger partial charge is 0.417 e. The zero-order chi connectivity index (χ0) is 17.4. The van der Waals surface area contributed by atoms with Gasteiger partial charge in [-0.05, 0) is 18.9 Å². The van der Waals surface area contributed by atoms with E-state index in [0.29, 0.717) is 17.9 Å². The first-order chi connectivity index (χ1) is 11.3. The summed E-state index contributed by atoms with van der Waals surface area (Å²) in [6, 6.07) is 4.18. The molecular weight excluding hydrogens is 323 g/mol. The Morgan fingerprint density at radius 3 is 2.46 bits per heavy atom. The molecule has 1 aromatic rings. The number of carbonyl (C=O) groups excluding carboxylic acids is 2. The van der Waals surface area contributed by atoms with E-state index in [9.17, 15) is 22.8 Å². The third-order valence-electron chi connectivity index (χ3n) is 4.43. The topological polar surface area (TPSA) is 61.8 Å². The highest BCUT2D eigenvalue weighted by Gasteiger charge is 2.51. The second-order valence-electron chi connectivity index (χ2n) is 6.02. The van der Waals surface area contributed by atoms with E-state index in [2.05, 4.69) is 10.4 Å². The van der Waals surface area contributed by atoms with E-state index in [0.717, 1.165) is 31.5 Å². The molecular formula is C16H16F3N3O2. The summed E-state index contributed by atoms with van der Waals surface area (Å²) in [5, 5.41) is 7.02. The third kappa shape index (κ3) is 2.88. The maximum absolute atomic E-state index is 13.0. The van der Waals surface area contributed by atoms with Gasteiger partial charge in [-0.15, -0.1) is 5.01 Å². The van der Waals surface area contributed by atoms with Crippen molar-refractivity contribution >= 4 is 18.2 Å². The molecule has 128 valence electrons. The van der Waals surface area contributed by atoms with Crippen LogP contribution in [-0.2, 0) is 11.0 Å². The minimum absolute atomic E-state index is 0.199. The van der Waals surface area contributed by atoms with E-state index in [1.165, 1.54) is 18.2 Å². The molecule has 1 aliphatic carbocycles. The van der Waals surface area contributed by atoms with Crippen LogP contribution in [0.25, 0.3) is 0 Å². The van der Waals surface area contributed by atoms with Gasteiger partial charge in [0.25, 0.3) is 5.91 Å². The summed E-state index contributed by atoms with van der Waals surface area (Å²) < 4.78 is 38.9. The van der Waals surface area contributed by atoms with Crippen molar-refractivity contribution in [3.63, 3.8) is 0 Å². The highest BCUT2D eigenvalue weighted by molar-refractivity contribution is 6.07. The normalized spacial score (nSPS) is 20.9. The summed E-state index contributed by atoms with van der Waals surface area (Å²) in [5.41, 5.74) is -2.01. The molecule has 1 N–H and O–H groups in total. The van der Waals surface area contributed by atoms with Crippen LogP contribution in [0.5, 0.6) is 0 Å². The van der Waals surface area contributed by atoms with Crippen molar-refractivity contribution in [3.8, 4) is 0 Å². The minimum Gasteiger partial charge on any atom is -0.321 e. The standard InChI is InChI=1S/C16H16F3N3O2/c17-16(18,19)12-7-3-2-6-11(12)10-20-22-13(23)15(21-14(22)24)8-4-1-5-9-15/h2-3,6-7,10H,1,4-5,8-9H2,(H,21,24). The molecule has 24 heavy (non-hydrogen) atoms. The second-order valence-corrected chi connectivity index (χ2v) is 6.02. The molecule has 0 aromatic heterocycles. The van der Waals surface area contributed by atoms with Crippen molar-refractivity contribution in [2.75, 3.05) is 0 Å². The number of imide groups is 1. The van der Waals surface area contributed by atoms with Gasteiger partial charge in [-0.1, -0.05) is 37.5 Å². The zero-order valence-corrected chi connectivity index (χ0v) is 12.8. The molecule has 5 nitrogen and oxygen atoms in total. The van der Waals surface area contributed by atoms with Gasteiger partial charge in [0.2, 0.25) is 0 Å². The number of nitrogens with zero attached hydrogens (tertiary/aromatic N) is 2. The maximum Gasteiger partial charge on any atom is 0.417 e. The lowest BCUT2D eigenvalue weighted by molar-refractivity contribution is -0.137. The van der Waals surface area contributed by atoms with Crippen LogP contribution in [0.4, 0.5) is 18.0 Å². The van der Waals surface area contributed by atoms with Crippen LogP contribution < -0.4 is 5.32 Å². The smallest absolute Gasteiger partial charge is 0.321 e. The van der Waals surface area contributed by atoms with Crippen molar-refractivity contribution in [3.05, 3.63) is 35.4 Å². The Morgan fingerprint density at radius 1 is 1.12 bits per heavy atom. The molecule has 1 heterocycles. The van der Waals surface area contributed by atoms with Gasteiger partial charge in [-0.2, -0.15) is 18.3 Å². The Labute approximate surface area is 136 Å². The second kappa shape index (κ2) is 5.92. The lowest BCUT2D eigenvalue weighted by Crippen LogP contribution is -2.48. The monoisotopic (exact) mass is 339 g/mol. The molecule has 3 rings (SSSR count). The van der Waals surface area contributed by atoms with Gasteiger partial charge in [-0.3, -0.25) is 4.79 Å². The summed E-state index contributed by atoms with van der Waals surface area (Å²) in [4.78, 5) is 24.5. The average Bonchev–Trinajstić information content (AvgIpc) is 2.76. The first-order valence-corrected chi connectivity index (χ1v) is 7.70. The molecule has 0 bridgehead atoms. The fraction of sp³-hybridized carbons (Fsp3) is 0.438. The number of hydrogen-bond donors (Lipinski definition) is 1. The molecule has 1 aliphatic heterocycles. The van der Waals surface area contributed by atoms with Crippen LogP contribution in [0.2, 0.25) is 0 Å². The Morgan fingerprint density at radius 2 is 1.79 bits per heavy atom. The van der Waals surface area contributed by atoms with Crippen LogP contribution in [0.3, 0.4) is 0 Å². The molecule has 2 fully saturated rings. The van der Waals surface area contributed by atoms with Crippen LogP contribution in [0.1, 0.15) is 43.2 Å². The number of halogens is 3. The van der Waals surface area contributed by atoms with Crippen molar-refractivity contribution < 1.29 is 22.8 Å². The molecule has 0 unspecified atom stereocenters. The van der Waals surface area contributed by atoms with Gasteiger partial charge in [0, 0.05) is 5.56 Å². The number of alkyl halides is 3. The number of urea groups is 1. The van der Waals surface area contributed by atoms with Crippen LogP contribution in [0, 0.1) is 0 Å². The van der Waals surface area contributed by atoms with Crippen LogP contribution in [0.15, 0.2) is 29.4 Å². The van der Waals surface area contributed by atoms with E-state index in [-0.39, 0.29) is 5.56 Å². The molecule has 1 spiro atoms. The number of carbonyl (C=O) groups is 2. The van der Waals surface area contributed by atoms with Crippen molar-refractivity contribution in [1.82, 2.24) is 10.3 Å². The Bertz CT molecular complexity index is 694. The van der Waals surface area contributed by atoms with Gasteiger partial charge in [0.1, 0.15) is 5.54 Å². The van der Waals surface area contributed by atoms with Gasteiger partial charge in [-0.25, -0.2) is 4.79 Å². The minimum atomic E-state index is -4.54. The SMILES string of the molecule is O=C1NC2(CCCCC2)C(=O)N1N=Cc1ccccc1C(F)(F)F. The molecule has 8 heteroatoms. The van der Waals surface area contributed by atoms with Gasteiger partial charge >= 0.3 is 12.2 Å². The summed E-state index contributed by atoms with van der Waals surface area (Å²) in [6.07, 6.45) is 0.0617. The number of rotatable bonds is 2. The van der Waals surface area contributed by atoms with Gasteiger partial charge < -0.3 is 5.32 Å². The average molecular weight is 339 g/mol. The lowest BCUT2D eigenvalue weighted by Gasteiger charge is -2.29. The highest BCUT2D eigenvalue weighted by Crippen LogP contribution is 2.34. The molecule has 1 saturated carbocycles. The number of benzene rings is 1. The summed E-state index contributed by atoms with van der Waals surface area (Å²) in [6.45, 7) is 0. The molecule has 2 aliphatic rings. The van der Waals surface area contributed by atoms with Gasteiger partial charge in [0.05, 0.1) is 11.8 Å². The Kier molecular flexibility index (Phi) is 4.06. The van der Waals surface area contributed by atoms with Crippen molar-refractivity contribution in [2.45, 2.75) is 43.8 Å². The molecule has 0 atom stereocenters. The van der Waals surface area contributed by atoms with E-state index in [1.807, 2.05) is 0 Å². The van der Waals surface area contributed by atoms with Crippen molar-refractivity contribution in [2.24, 2.45) is 5.10 Å². The van der Waals surface area contributed by atoms with E-state index < -0.39 is 29.2 Å². The van der Waals surface area contributed by atoms with E-state index >= 15 is 0 Å². The fourth-order valence-electron chi connectivity index (χ4n) is 3.19. The first-order valence-electron chi connectivity index (χ1n) is 7.70. The number of hydrazone groups is 1. The zero-order valence-electron chi connectivity index (χ0n) is 12.8. The summed E-state index contributed by atoms with van der Waals surface area (Å²) >= 11 is 0. The maximum atomic E-state index is 13.0. The quantitative estimate of drug-likeness (QED) is 0.664. The fourth-order valence-corrected chi connectivity index (χ4v) is 3.19. The van der Waals surface area contributed by atoms with Crippen LogP contribution >= 0.6 is 0 Å². The molecule has 3 amide bonds. The number of hydrogen-bond acceptors (Lipinski definition) is 3.